The highest BCUT2D eigenvalue weighted by Crippen LogP contribution is 1.97. The molecule has 0 aromatic carbocycles. The lowest BCUT2D eigenvalue weighted by Gasteiger charge is -2.04. The van der Waals surface area contributed by atoms with Crippen molar-refractivity contribution in [3.8, 4) is 0 Å². The van der Waals surface area contributed by atoms with E-state index in [9.17, 15) is 14.4 Å². The van der Waals surface area contributed by atoms with Crippen molar-refractivity contribution in [3.63, 3.8) is 0 Å². The van der Waals surface area contributed by atoms with Crippen LogP contribution < -0.4 is 0 Å². The Hall–Kier alpha value is -2.21. The smallest absolute Gasteiger partial charge is 0.340 e. The molecule has 0 saturated heterocycles. The van der Waals surface area contributed by atoms with Crippen LogP contribution in [0.5, 0.6) is 0 Å². The quantitative estimate of drug-likeness (QED) is 0.472. The summed E-state index contributed by atoms with van der Waals surface area (Å²) in [6.07, 6.45) is -0.608. The van der Waals surface area contributed by atoms with Crippen LogP contribution >= 0.6 is 0 Å². The van der Waals surface area contributed by atoms with Crippen LogP contribution in [-0.4, -0.2) is 35.7 Å². The minimum Gasteiger partial charge on any atom is -0.460 e. The van der Waals surface area contributed by atoms with Gasteiger partial charge in [0.15, 0.2) is 0 Å². The first kappa shape index (κ1) is 21.1. The van der Waals surface area contributed by atoms with E-state index in [2.05, 4.69) is 29.2 Å². The van der Waals surface area contributed by atoms with Gasteiger partial charge >= 0.3 is 17.9 Å². The molecule has 0 fully saturated rings. The minimum absolute atomic E-state index is 0.0334. The van der Waals surface area contributed by atoms with Gasteiger partial charge in [-0.2, -0.15) is 0 Å². The number of aliphatic hydroxyl groups excluding tert-OH is 1. The number of hydrogen-bond donors (Lipinski definition) is 1. The standard InChI is InChI=1S/C8H10O3.C7H12O3/c1-5(2)7(9)11-8(10)6(3)4;1-5(2)7(9)10-4-6(3)8/h1,3H2,2,4H3;6,8H,1,4H2,2-3H3. The van der Waals surface area contributed by atoms with Crippen molar-refractivity contribution < 1.29 is 29.0 Å². The number of carbonyl (C=O) groups is 3. The third-order valence-electron chi connectivity index (χ3n) is 1.69. The summed E-state index contributed by atoms with van der Waals surface area (Å²) in [5.41, 5.74) is 0.736. The zero-order chi connectivity index (χ0) is 17.2. The molecule has 6 heteroatoms. The van der Waals surface area contributed by atoms with Gasteiger partial charge in [-0.05, 0) is 27.7 Å². The minimum atomic E-state index is -0.710. The molecule has 0 amide bonds. The molecule has 6 nitrogen and oxygen atoms in total. The number of ether oxygens (including phenoxy) is 2. The van der Waals surface area contributed by atoms with Crippen molar-refractivity contribution in [1.29, 1.82) is 0 Å². The Morgan fingerprint density at radius 3 is 1.48 bits per heavy atom. The van der Waals surface area contributed by atoms with Crippen LogP contribution in [0.4, 0.5) is 0 Å². The van der Waals surface area contributed by atoms with Gasteiger partial charge in [0.25, 0.3) is 0 Å². The van der Waals surface area contributed by atoms with Crippen LogP contribution in [0.3, 0.4) is 0 Å². The van der Waals surface area contributed by atoms with Crippen LogP contribution in [0.25, 0.3) is 0 Å². The molecule has 1 N–H and O–H groups in total. The second-order valence-electron chi connectivity index (χ2n) is 4.47. The Kier molecular flexibility index (Phi) is 10.6. The van der Waals surface area contributed by atoms with Crippen molar-refractivity contribution in [2.75, 3.05) is 6.61 Å². The molecule has 0 saturated carbocycles. The largest absolute Gasteiger partial charge is 0.460 e. The van der Waals surface area contributed by atoms with Gasteiger partial charge in [-0.15, -0.1) is 0 Å². The summed E-state index contributed by atoms with van der Waals surface area (Å²) in [5.74, 6) is -1.88. The first-order valence-corrected chi connectivity index (χ1v) is 6.07. The molecule has 0 aromatic heterocycles. The summed E-state index contributed by atoms with van der Waals surface area (Å²) >= 11 is 0. The molecule has 1 atom stereocenters. The molecule has 0 aromatic rings. The Labute approximate surface area is 124 Å². The Morgan fingerprint density at radius 1 is 0.905 bits per heavy atom. The van der Waals surface area contributed by atoms with Crippen molar-refractivity contribution in [1.82, 2.24) is 0 Å². The van der Waals surface area contributed by atoms with Gasteiger partial charge in [0.2, 0.25) is 0 Å². The lowest BCUT2D eigenvalue weighted by atomic mass is 10.3. The van der Waals surface area contributed by atoms with E-state index in [-0.39, 0.29) is 17.8 Å². The maximum atomic E-state index is 10.7. The third-order valence-corrected chi connectivity index (χ3v) is 1.69. The third kappa shape index (κ3) is 12.6. The van der Waals surface area contributed by atoms with Gasteiger partial charge in [-0.25, -0.2) is 14.4 Å². The molecule has 1 unspecified atom stereocenters. The van der Waals surface area contributed by atoms with E-state index in [0.717, 1.165) is 0 Å². The Morgan fingerprint density at radius 2 is 1.24 bits per heavy atom. The molecule has 0 aliphatic rings. The maximum absolute atomic E-state index is 10.7. The predicted octanol–water partition coefficient (Wildman–Crippen LogP) is 1.69. The zero-order valence-electron chi connectivity index (χ0n) is 12.9. The van der Waals surface area contributed by atoms with Gasteiger partial charge < -0.3 is 14.6 Å². The number of hydrogen-bond acceptors (Lipinski definition) is 6. The van der Waals surface area contributed by atoms with Crippen LogP contribution in [0.15, 0.2) is 36.5 Å². The lowest BCUT2D eigenvalue weighted by Crippen LogP contribution is -2.15. The molecule has 0 rings (SSSR count). The van der Waals surface area contributed by atoms with E-state index in [1.807, 2.05) is 0 Å². The Balaban J connectivity index is 0. The predicted molar refractivity (Wildman–Crippen MR) is 78.2 cm³/mol. The highest BCUT2D eigenvalue weighted by atomic mass is 16.6. The number of rotatable bonds is 5. The van der Waals surface area contributed by atoms with Crippen LogP contribution in [0, 0.1) is 0 Å². The van der Waals surface area contributed by atoms with Gasteiger partial charge in [0.05, 0.1) is 6.10 Å². The summed E-state index contributed by atoms with van der Waals surface area (Å²) in [6, 6.07) is 0. The van der Waals surface area contributed by atoms with Crippen molar-refractivity contribution >= 4 is 17.9 Å². The van der Waals surface area contributed by atoms with E-state index in [4.69, 9.17) is 5.11 Å². The van der Waals surface area contributed by atoms with E-state index in [0.29, 0.717) is 5.57 Å². The SMILES string of the molecule is C=C(C)C(=O)OC(=O)C(=C)C.C=C(C)C(=O)OCC(C)O. The lowest BCUT2D eigenvalue weighted by molar-refractivity contribution is -0.154. The van der Waals surface area contributed by atoms with Gasteiger partial charge in [-0.3, -0.25) is 0 Å². The molecule has 0 aliphatic heterocycles. The van der Waals surface area contributed by atoms with Gasteiger partial charge in [0.1, 0.15) is 6.61 Å². The fourth-order valence-electron chi connectivity index (χ4n) is 0.578. The van der Waals surface area contributed by atoms with Crippen LogP contribution in [0.2, 0.25) is 0 Å². The van der Waals surface area contributed by atoms with Gasteiger partial charge in [-0.1, -0.05) is 19.7 Å². The molecular formula is C15H22O6. The molecule has 0 aliphatic carbocycles. The van der Waals surface area contributed by atoms with Crippen LogP contribution in [-0.2, 0) is 23.9 Å². The molecule has 118 valence electrons. The summed E-state index contributed by atoms with van der Waals surface area (Å²) in [6.45, 7) is 16.1. The average Bonchev–Trinajstić information content (AvgIpc) is 2.35. The van der Waals surface area contributed by atoms with Crippen molar-refractivity contribution in [3.05, 3.63) is 36.5 Å². The molecule has 0 heterocycles. The number of aliphatic hydroxyl groups is 1. The van der Waals surface area contributed by atoms with E-state index >= 15 is 0 Å². The van der Waals surface area contributed by atoms with E-state index in [1.165, 1.54) is 13.8 Å². The molecular weight excluding hydrogens is 276 g/mol. The summed E-state index contributed by atoms with van der Waals surface area (Å²) in [7, 11) is 0. The van der Waals surface area contributed by atoms with Gasteiger partial charge in [0, 0.05) is 16.7 Å². The summed E-state index contributed by atoms with van der Waals surface area (Å²) in [4.78, 5) is 32.0. The maximum Gasteiger partial charge on any atom is 0.340 e. The molecule has 0 bridgehead atoms. The van der Waals surface area contributed by atoms with E-state index < -0.39 is 24.0 Å². The fourth-order valence-corrected chi connectivity index (χ4v) is 0.578. The first-order chi connectivity index (χ1) is 9.48. The van der Waals surface area contributed by atoms with Crippen molar-refractivity contribution in [2.24, 2.45) is 0 Å². The molecule has 0 radical (unpaired) electrons. The number of carbonyl (C=O) groups excluding carboxylic acids is 3. The second-order valence-corrected chi connectivity index (χ2v) is 4.47. The summed E-state index contributed by atoms with van der Waals surface area (Å²) in [5, 5.41) is 8.68. The second kappa shape index (κ2) is 10.6. The topological polar surface area (TPSA) is 89.9 Å². The highest BCUT2D eigenvalue weighted by molar-refractivity contribution is 6.00. The monoisotopic (exact) mass is 298 g/mol. The summed E-state index contributed by atoms with van der Waals surface area (Å²) < 4.78 is 8.87. The highest BCUT2D eigenvalue weighted by Gasteiger charge is 2.10. The average molecular weight is 298 g/mol. The van der Waals surface area contributed by atoms with E-state index in [1.54, 1.807) is 13.8 Å². The first-order valence-electron chi connectivity index (χ1n) is 6.07. The normalized spacial score (nSPS) is 10.3. The van der Waals surface area contributed by atoms with Crippen LogP contribution in [0.1, 0.15) is 27.7 Å². The molecule has 0 spiro atoms. The Bertz CT molecular complexity index is 421. The van der Waals surface area contributed by atoms with Crippen molar-refractivity contribution in [2.45, 2.75) is 33.8 Å². The molecule has 21 heavy (non-hydrogen) atoms. The number of esters is 3. The zero-order valence-corrected chi connectivity index (χ0v) is 12.9. The fraction of sp³-hybridized carbons (Fsp3) is 0.400.